The van der Waals surface area contributed by atoms with Crippen LogP contribution in [0.1, 0.15) is 19.4 Å². The van der Waals surface area contributed by atoms with Crippen LogP contribution in [0, 0.1) is 0 Å². The number of halogens is 1. The molecule has 0 saturated heterocycles. The molecular weight excluding hydrogens is 268 g/mol. The lowest BCUT2D eigenvalue weighted by Crippen LogP contribution is -2.30. The molecule has 4 N–H and O–H groups in total. The molecule has 2 unspecified atom stereocenters. The van der Waals surface area contributed by atoms with E-state index in [4.69, 9.17) is 32.5 Å². The van der Waals surface area contributed by atoms with Gasteiger partial charge in [0.15, 0.2) is 17.6 Å². The Morgan fingerprint density at radius 1 is 1.42 bits per heavy atom. The van der Waals surface area contributed by atoms with Gasteiger partial charge in [0.25, 0.3) is 5.91 Å². The molecule has 1 aromatic rings. The van der Waals surface area contributed by atoms with Crippen LogP contribution in [-0.2, 0) is 11.2 Å². The molecule has 5 nitrogen and oxygen atoms in total. The molecule has 6 heteroatoms. The third kappa shape index (κ3) is 4.29. The van der Waals surface area contributed by atoms with Crippen molar-refractivity contribution in [3.63, 3.8) is 0 Å². The summed E-state index contributed by atoms with van der Waals surface area (Å²) >= 11 is 6.15. The average Bonchev–Trinajstić information content (AvgIpc) is 2.30. The Labute approximate surface area is 117 Å². The molecule has 0 radical (unpaired) electrons. The average molecular weight is 287 g/mol. The molecule has 1 rings (SSSR count). The highest BCUT2D eigenvalue weighted by Crippen LogP contribution is 2.37. The van der Waals surface area contributed by atoms with Crippen molar-refractivity contribution in [3.05, 3.63) is 22.7 Å². The standard InChI is InChI=1S/C13H19ClN2O3/c1-7(15)4-9-5-10(14)12(11(6-9)18-3)19-8(2)13(16)17/h5-8H,4,15H2,1-3H3,(H2,16,17). The first-order valence-electron chi connectivity index (χ1n) is 5.93. The second-order valence-corrected chi connectivity index (χ2v) is 4.86. The van der Waals surface area contributed by atoms with Crippen molar-refractivity contribution < 1.29 is 14.3 Å². The zero-order chi connectivity index (χ0) is 14.6. The van der Waals surface area contributed by atoms with Crippen LogP contribution in [0.5, 0.6) is 11.5 Å². The normalized spacial score (nSPS) is 13.7. The zero-order valence-electron chi connectivity index (χ0n) is 11.3. The molecule has 0 fully saturated rings. The lowest BCUT2D eigenvalue weighted by molar-refractivity contribution is -0.124. The summed E-state index contributed by atoms with van der Waals surface area (Å²) in [7, 11) is 1.50. The number of carbonyl (C=O) groups is 1. The maximum Gasteiger partial charge on any atom is 0.258 e. The van der Waals surface area contributed by atoms with Crippen molar-refractivity contribution in [1.82, 2.24) is 0 Å². The number of hydrogen-bond donors (Lipinski definition) is 2. The van der Waals surface area contributed by atoms with Crippen molar-refractivity contribution in [2.45, 2.75) is 32.4 Å². The van der Waals surface area contributed by atoms with Gasteiger partial charge in [0, 0.05) is 6.04 Å². The quantitative estimate of drug-likeness (QED) is 0.829. The molecule has 0 aliphatic rings. The molecule has 1 aromatic carbocycles. The largest absolute Gasteiger partial charge is 0.493 e. The van der Waals surface area contributed by atoms with Crippen molar-refractivity contribution in [3.8, 4) is 11.5 Å². The van der Waals surface area contributed by atoms with Gasteiger partial charge in [0.05, 0.1) is 12.1 Å². The van der Waals surface area contributed by atoms with Crippen LogP contribution in [0.3, 0.4) is 0 Å². The molecule has 0 heterocycles. The predicted molar refractivity (Wildman–Crippen MR) is 74.6 cm³/mol. The van der Waals surface area contributed by atoms with Gasteiger partial charge in [-0.1, -0.05) is 11.6 Å². The van der Waals surface area contributed by atoms with Crippen LogP contribution >= 0.6 is 11.6 Å². The van der Waals surface area contributed by atoms with E-state index in [1.54, 1.807) is 19.1 Å². The van der Waals surface area contributed by atoms with Crippen LogP contribution in [0.15, 0.2) is 12.1 Å². The number of carbonyl (C=O) groups excluding carboxylic acids is 1. The van der Waals surface area contributed by atoms with Gasteiger partial charge in [-0.15, -0.1) is 0 Å². The number of ether oxygens (including phenoxy) is 2. The van der Waals surface area contributed by atoms with Gasteiger partial charge in [-0.05, 0) is 38.0 Å². The summed E-state index contributed by atoms with van der Waals surface area (Å²) in [5, 5.41) is 0.364. The fourth-order valence-electron chi connectivity index (χ4n) is 1.61. The zero-order valence-corrected chi connectivity index (χ0v) is 12.0. The van der Waals surface area contributed by atoms with Crippen molar-refractivity contribution in [1.29, 1.82) is 0 Å². The maximum atomic E-state index is 11.0. The van der Waals surface area contributed by atoms with Crippen molar-refractivity contribution in [2.75, 3.05) is 7.11 Å². The first-order valence-corrected chi connectivity index (χ1v) is 6.31. The molecule has 106 valence electrons. The second kappa shape index (κ2) is 6.63. The van der Waals surface area contributed by atoms with Crippen LogP contribution < -0.4 is 20.9 Å². The smallest absolute Gasteiger partial charge is 0.258 e. The summed E-state index contributed by atoms with van der Waals surface area (Å²) < 4.78 is 10.7. The van der Waals surface area contributed by atoms with E-state index in [0.29, 0.717) is 22.9 Å². The van der Waals surface area contributed by atoms with Gasteiger partial charge >= 0.3 is 0 Å². The number of amides is 1. The fraction of sp³-hybridized carbons (Fsp3) is 0.462. The fourth-order valence-corrected chi connectivity index (χ4v) is 1.89. The summed E-state index contributed by atoms with van der Waals surface area (Å²) in [6.45, 7) is 3.45. The number of nitrogens with two attached hydrogens (primary N) is 2. The first kappa shape index (κ1) is 15.6. The van der Waals surface area contributed by atoms with E-state index >= 15 is 0 Å². The van der Waals surface area contributed by atoms with Gasteiger partial charge in [0.2, 0.25) is 0 Å². The molecule has 0 aromatic heterocycles. The summed E-state index contributed by atoms with van der Waals surface area (Å²) in [6.07, 6.45) is -0.118. The lowest BCUT2D eigenvalue weighted by Gasteiger charge is -2.17. The number of hydrogen-bond acceptors (Lipinski definition) is 4. The van der Waals surface area contributed by atoms with Crippen LogP contribution in [0.2, 0.25) is 5.02 Å². The van der Waals surface area contributed by atoms with Gasteiger partial charge < -0.3 is 20.9 Å². The molecule has 0 aliphatic carbocycles. The number of methoxy groups -OCH3 is 1. The minimum absolute atomic E-state index is 0.0112. The molecule has 2 atom stereocenters. The Hall–Kier alpha value is -1.46. The number of primary amides is 1. The SMILES string of the molecule is COc1cc(CC(C)N)cc(Cl)c1OC(C)C(N)=O. The van der Waals surface area contributed by atoms with Crippen molar-refractivity contribution in [2.24, 2.45) is 11.5 Å². The number of rotatable bonds is 6. The van der Waals surface area contributed by atoms with E-state index in [0.717, 1.165) is 5.56 Å². The number of benzene rings is 1. The molecule has 1 amide bonds. The molecular formula is C13H19ClN2O3. The Balaban J connectivity index is 3.07. The highest BCUT2D eigenvalue weighted by atomic mass is 35.5. The van der Waals surface area contributed by atoms with E-state index in [2.05, 4.69) is 0 Å². The van der Waals surface area contributed by atoms with Crippen LogP contribution in [0.4, 0.5) is 0 Å². The molecule has 19 heavy (non-hydrogen) atoms. The van der Waals surface area contributed by atoms with E-state index < -0.39 is 12.0 Å². The summed E-state index contributed by atoms with van der Waals surface area (Å²) in [6, 6.07) is 3.55. The van der Waals surface area contributed by atoms with Gasteiger partial charge in [-0.25, -0.2) is 0 Å². The minimum Gasteiger partial charge on any atom is -0.493 e. The Kier molecular flexibility index (Phi) is 5.44. The summed E-state index contributed by atoms with van der Waals surface area (Å²) in [4.78, 5) is 11.0. The van der Waals surface area contributed by atoms with Gasteiger partial charge in [0.1, 0.15) is 0 Å². The van der Waals surface area contributed by atoms with E-state index in [1.165, 1.54) is 7.11 Å². The molecule has 0 bridgehead atoms. The maximum absolute atomic E-state index is 11.0. The Morgan fingerprint density at radius 3 is 2.53 bits per heavy atom. The first-order chi connectivity index (χ1) is 8.85. The molecule has 0 saturated carbocycles. The molecule has 0 aliphatic heterocycles. The van der Waals surface area contributed by atoms with Gasteiger partial charge in [-0.3, -0.25) is 4.79 Å². The Bertz CT molecular complexity index is 463. The van der Waals surface area contributed by atoms with Crippen LogP contribution in [0.25, 0.3) is 0 Å². The highest BCUT2D eigenvalue weighted by molar-refractivity contribution is 6.32. The third-order valence-electron chi connectivity index (χ3n) is 2.54. The molecule has 0 spiro atoms. The minimum atomic E-state index is -0.786. The third-order valence-corrected chi connectivity index (χ3v) is 2.82. The summed E-state index contributed by atoms with van der Waals surface area (Å²) in [5.74, 6) is 0.193. The summed E-state index contributed by atoms with van der Waals surface area (Å²) in [5.41, 5.74) is 11.8. The van der Waals surface area contributed by atoms with Gasteiger partial charge in [-0.2, -0.15) is 0 Å². The van der Waals surface area contributed by atoms with E-state index in [9.17, 15) is 4.79 Å². The monoisotopic (exact) mass is 286 g/mol. The van der Waals surface area contributed by atoms with Crippen molar-refractivity contribution >= 4 is 17.5 Å². The second-order valence-electron chi connectivity index (χ2n) is 4.45. The predicted octanol–water partition coefficient (Wildman–Crippen LogP) is 1.49. The van der Waals surface area contributed by atoms with E-state index in [-0.39, 0.29) is 6.04 Å². The highest BCUT2D eigenvalue weighted by Gasteiger charge is 2.18. The Morgan fingerprint density at radius 2 is 2.05 bits per heavy atom. The topological polar surface area (TPSA) is 87.6 Å². The van der Waals surface area contributed by atoms with E-state index in [1.807, 2.05) is 6.92 Å². The lowest BCUT2D eigenvalue weighted by atomic mass is 10.1. The van der Waals surface area contributed by atoms with Crippen LogP contribution in [-0.4, -0.2) is 25.2 Å².